The molecule has 20 atom stereocenters. The third-order valence-electron chi connectivity index (χ3n) is 35.7. The minimum atomic E-state index is -0.359. The van der Waals surface area contributed by atoms with Crippen LogP contribution in [-0.2, 0) is 107 Å². The van der Waals surface area contributed by atoms with E-state index in [1.165, 1.54) is 55.5 Å². The third kappa shape index (κ3) is 15.4. The minimum Gasteiger partial charge on any atom is -0.870 e. The number of carbonyl (C=O) groups excluding carboxylic acids is 5. The summed E-state index contributed by atoms with van der Waals surface area (Å²) in [5.41, 5.74) is 10.3. The Morgan fingerprint density at radius 1 is 0.392 bits per heavy atom. The molecule has 6 N–H and O–H groups in total. The summed E-state index contributed by atoms with van der Waals surface area (Å²) in [7, 11) is 22.5. The van der Waals surface area contributed by atoms with Crippen LogP contribution < -0.4 is 53.2 Å². The molecule has 17 aliphatic rings. The number of carbonyl (C=O) groups is 5. The molecule has 12 aliphatic carbocycles. The molecule has 5 aromatic carbocycles. The van der Waals surface area contributed by atoms with Crippen molar-refractivity contribution in [3.8, 4) is 57.5 Å². The number of phenolic OH excluding ortho intramolecular Hbond substituents is 5. The van der Waals surface area contributed by atoms with E-state index < -0.39 is 0 Å². The molecule has 15 unspecified atom stereocenters. The van der Waals surface area contributed by atoms with Crippen molar-refractivity contribution in [3.05, 3.63) is 128 Å². The minimum absolute atomic E-state index is 0. The number of fused-ring (bicyclic) bond motifs is 5. The molecule has 700 valence electrons. The average Bonchev–Trinajstić information content (AvgIpc) is 1.74. The monoisotopic (exact) mass is 1800 g/mol. The second-order valence-corrected chi connectivity index (χ2v) is 41.0. The van der Waals surface area contributed by atoms with E-state index >= 15 is 0 Å². The van der Waals surface area contributed by atoms with Crippen molar-refractivity contribution < 1.29 is 132 Å². The number of allylic oxidation sites excluding steroid dienone is 1. The van der Waals surface area contributed by atoms with Gasteiger partial charge in [0, 0.05) is 164 Å². The molecule has 5 saturated heterocycles. The average molecular weight is 1800 g/mol. The number of benzene rings is 5. The first kappa shape index (κ1) is 95.7. The summed E-state index contributed by atoms with van der Waals surface area (Å²) in [6.07, 6.45) is 19.9. The van der Waals surface area contributed by atoms with Crippen LogP contribution in [-0.4, -0.2) is 277 Å². The molecule has 26 nitrogen and oxygen atoms in total. The molecule has 0 radical (unpaired) electrons. The van der Waals surface area contributed by atoms with E-state index in [-0.39, 0.29) is 156 Å². The van der Waals surface area contributed by atoms with Crippen LogP contribution in [0.25, 0.3) is 0 Å². The molecule has 6 saturated carbocycles. The zero-order valence-electron chi connectivity index (χ0n) is 79.1. The molecule has 5 heterocycles. The Bertz CT molecular complexity index is 5090. The van der Waals surface area contributed by atoms with E-state index in [1.807, 2.05) is 42.5 Å². The van der Waals surface area contributed by atoms with Crippen LogP contribution in [0.5, 0.6) is 57.5 Å². The van der Waals surface area contributed by atoms with E-state index in [1.54, 1.807) is 71.1 Å². The van der Waals surface area contributed by atoms with E-state index in [9.17, 15) is 49.5 Å². The van der Waals surface area contributed by atoms with E-state index in [0.29, 0.717) is 114 Å². The fraction of sp³-hybridized carbons (Fsp3) is 0.641. The molecular weight excluding hydrogens is 1670 g/mol. The number of nitrogens with zero attached hydrogens (tertiary/aromatic N) is 5. The summed E-state index contributed by atoms with van der Waals surface area (Å²) in [5.74, 6) is 7.84. The van der Waals surface area contributed by atoms with Gasteiger partial charge in [-0.2, -0.15) is 0 Å². The fourth-order valence-corrected chi connectivity index (χ4v) is 29.0. The van der Waals surface area contributed by atoms with Gasteiger partial charge in [-0.25, -0.2) is 0 Å². The normalized spacial score (nSPS) is 34.4. The number of hydrogen-bond acceptors (Lipinski definition) is 26. The van der Waals surface area contributed by atoms with Crippen LogP contribution in [0.3, 0.4) is 0 Å². The Morgan fingerprint density at radius 2 is 0.738 bits per heavy atom. The van der Waals surface area contributed by atoms with Crippen molar-refractivity contribution in [2.75, 3.05) is 138 Å². The van der Waals surface area contributed by atoms with E-state index in [2.05, 4.69) is 77.7 Å². The van der Waals surface area contributed by atoms with Crippen molar-refractivity contribution in [2.45, 2.75) is 237 Å². The Hall–Kier alpha value is -7.41. The molecule has 0 aromatic heterocycles. The molecule has 27 heteroatoms. The Kier molecular flexibility index (Phi) is 27.3. The first-order valence-electron chi connectivity index (χ1n) is 47.1. The van der Waals surface area contributed by atoms with E-state index in [4.69, 9.17) is 47.4 Å². The maximum atomic E-state index is 13.3. The summed E-state index contributed by atoms with van der Waals surface area (Å²) in [6, 6.07) is 19.5. The quantitative estimate of drug-likeness (QED) is 0.0650. The van der Waals surface area contributed by atoms with Crippen molar-refractivity contribution in [1.82, 2.24) is 24.5 Å². The number of methoxy groups -OCH3 is 10. The number of likely N-dealkylation sites (N-methyl/N-ethyl adjacent to an activating group) is 3. The second-order valence-electron chi connectivity index (χ2n) is 41.0. The van der Waals surface area contributed by atoms with Crippen LogP contribution in [0.2, 0.25) is 0 Å². The van der Waals surface area contributed by atoms with Crippen molar-refractivity contribution in [3.63, 3.8) is 0 Å². The summed E-state index contributed by atoms with van der Waals surface area (Å²) < 4.78 is 54.4. The number of hydrogen-bond donors (Lipinski definition) is 5. The van der Waals surface area contributed by atoms with Gasteiger partial charge in [-0.15, -0.1) is 0 Å². The fourth-order valence-electron chi connectivity index (χ4n) is 29.0. The van der Waals surface area contributed by atoms with Crippen LogP contribution in [0.15, 0.2) is 66.4 Å². The number of ketones is 5. The second kappa shape index (κ2) is 37.0. The Morgan fingerprint density at radius 3 is 1.14 bits per heavy atom. The Labute approximate surface area is 787 Å². The van der Waals surface area contributed by atoms with Gasteiger partial charge in [-0.3, -0.25) is 33.8 Å². The predicted molar refractivity (Wildman–Crippen MR) is 482 cm³/mol. The van der Waals surface area contributed by atoms with Crippen molar-refractivity contribution >= 4 is 28.9 Å². The molecule has 5 aliphatic heterocycles. The van der Waals surface area contributed by atoms with Crippen molar-refractivity contribution in [2.24, 2.45) is 47.3 Å². The number of aryl methyl sites for hydroxylation is 1. The zero-order chi connectivity index (χ0) is 90.4. The SMILES string of the molecule is COC1=CC2C3Cc4ccc(OC)c(O)c4[C@]2(CCN3C)CC1=O.COc1cc(C)c2c(c1O)[C@@]13CCN(CC4CC4)C(C2)C1CC(OC)C(=O)C3C.COc1ccc2c(c1O)[C@@]13CCN(C)C(C2)C1CC(OC)C(=O)C3.COc1ccc2c(c1O)[C@@]13CCN(C)C(C2)C1CC(OC)C(=O)C3.COc1ccc2c(c1O)[C@@]13CCN(CC4CC4)C(C2)C1CC(OC)C(=O)C3.[Na+].[OH-]. The largest absolute Gasteiger partial charge is 1.00 e. The predicted octanol–water partition coefficient (Wildman–Crippen LogP) is 8.53. The van der Waals surface area contributed by atoms with Crippen LogP contribution >= 0.6 is 0 Å². The molecule has 0 spiro atoms. The molecule has 130 heavy (non-hydrogen) atoms. The smallest absolute Gasteiger partial charge is 0.870 e. The number of aromatic hydroxyl groups is 5. The third-order valence-corrected chi connectivity index (χ3v) is 35.7. The molecule has 11 fully saturated rings. The number of piperidine rings is 5. The van der Waals surface area contributed by atoms with Gasteiger partial charge in [0.05, 0.1) is 42.7 Å². The van der Waals surface area contributed by atoms with Gasteiger partial charge in [0.1, 0.15) is 24.4 Å². The van der Waals surface area contributed by atoms with Crippen LogP contribution in [0.4, 0.5) is 0 Å². The van der Waals surface area contributed by atoms with Gasteiger partial charge in [0.2, 0.25) is 0 Å². The molecule has 5 aromatic rings. The molecular formula is C103H136N5NaO21. The maximum Gasteiger partial charge on any atom is 1.00 e. The first-order valence-corrected chi connectivity index (χ1v) is 47.1. The molecule has 22 rings (SSSR count). The van der Waals surface area contributed by atoms with Gasteiger partial charge < -0.3 is 93.1 Å². The van der Waals surface area contributed by atoms with Gasteiger partial charge in [0.25, 0.3) is 0 Å². The molecule has 10 bridgehead atoms. The topological polar surface area (TPSA) is 325 Å². The number of ether oxygens (including phenoxy) is 10. The summed E-state index contributed by atoms with van der Waals surface area (Å²) in [6.45, 7) is 11.4. The number of rotatable bonds is 14. The summed E-state index contributed by atoms with van der Waals surface area (Å²) >= 11 is 0. The number of likely N-dealkylation sites (tertiary alicyclic amines) is 5. The first-order chi connectivity index (χ1) is 61.5. The van der Waals surface area contributed by atoms with Gasteiger partial charge >= 0.3 is 29.6 Å². The standard InChI is InChI=1S/C24H33NO4.C22H29NO4.2C19H25NO4.C19H23NO4.Na.H2O/c1-13-9-19(28-3)23(27)21-16(13)10-18-17-11-20(29-4)22(26)14(2)24(17,21)7-8-25(18)12-15-5-6-15;1-26-18-6-5-14-9-16-15-10-19(27-2)17(24)11-22(15,20(14)21(18)25)7-8-23(16)12-13-3-4-13;3*1-20-7-6-19-10-14(21)16(24-3)9-12(19)13(20)8-11-4-5-15(23-2)18(22)17(11)19;;/h9,14-15,17-18,20,27H,5-8,10-12H2,1-4H3;5-6,13,15-16,19,25H,3-4,7-12H2,1-2H3;2*4-5,12-13,16,22H,6-10H2,1-3H3;4-5,9,12-13,22H,6-8,10H2,1-3H3;;1H2/q;;;;;+1;/p-1/t14?,17?,18?,20?,24-;15?,16?,19?,22-;2*12?,13?,16?,19-;12?,13?,19-;;/m11111../s1. The van der Waals surface area contributed by atoms with Gasteiger partial charge in [0.15, 0.2) is 92.2 Å². The Balaban J connectivity index is 0.000000119. The van der Waals surface area contributed by atoms with Crippen molar-refractivity contribution in [1.29, 1.82) is 0 Å². The van der Waals surface area contributed by atoms with Crippen LogP contribution in [0, 0.1) is 54.3 Å². The molecule has 0 amide bonds. The maximum absolute atomic E-state index is 13.3. The summed E-state index contributed by atoms with van der Waals surface area (Å²) in [4.78, 5) is 76.7. The number of Topliss-reactive ketones (excluding diaryl/α,β-unsaturated/α-hetero) is 5. The van der Waals surface area contributed by atoms with Gasteiger partial charge in [-0.1, -0.05) is 31.2 Å². The van der Waals surface area contributed by atoms with E-state index in [0.717, 1.165) is 179 Å². The zero-order valence-corrected chi connectivity index (χ0v) is 81.1. The summed E-state index contributed by atoms with van der Waals surface area (Å²) in [5, 5.41) is 54.9. The van der Waals surface area contributed by atoms with Crippen LogP contribution in [0.1, 0.15) is 177 Å². The number of phenols is 5. The van der Waals surface area contributed by atoms with Gasteiger partial charge in [-0.05, 0) is 282 Å².